The third-order valence-electron chi connectivity index (χ3n) is 1.98. The Morgan fingerprint density at radius 1 is 1.13 bits per heavy atom. The largest absolute Gasteiger partial charge is 0.478 e. The minimum Gasteiger partial charge on any atom is -0.478 e. The number of benzene rings is 1. The van der Waals surface area contributed by atoms with Crippen LogP contribution in [0.3, 0.4) is 0 Å². The van der Waals surface area contributed by atoms with E-state index in [1.807, 2.05) is 0 Å². The fraction of sp³-hybridized carbons (Fsp3) is 0.100. The van der Waals surface area contributed by atoms with Crippen LogP contribution in [0, 0.1) is 6.92 Å². The van der Waals surface area contributed by atoms with Crippen molar-refractivity contribution >= 4 is 18.2 Å². The van der Waals surface area contributed by atoms with Gasteiger partial charge in [0.25, 0.3) is 0 Å². The molecular weight excluding hydrogens is 200 g/mol. The van der Waals surface area contributed by atoms with Crippen LogP contribution in [0.1, 0.15) is 36.6 Å². The van der Waals surface area contributed by atoms with Crippen molar-refractivity contribution in [3.63, 3.8) is 0 Å². The van der Waals surface area contributed by atoms with Crippen LogP contribution >= 0.6 is 0 Å². The second-order valence-electron chi connectivity index (χ2n) is 2.98. The first-order valence-electron chi connectivity index (χ1n) is 4.03. The van der Waals surface area contributed by atoms with Gasteiger partial charge in [0, 0.05) is 5.56 Å². The van der Waals surface area contributed by atoms with Crippen LogP contribution in [0.15, 0.2) is 12.1 Å². The summed E-state index contributed by atoms with van der Waals surface area (Å²) in [4.78, 5) is 32.0. The third kappa shape index (κ3) is 2.01. The molecule has 0 aromatic heterocycles. The topological polar surface area (TPSA) is 91.7 Å². The lowest BCUT2D eigenvalue weighted by Crippen LogP contribution is -2.08. The van der Waals surface area contributed by atoms with E-state index in [1.165, 1.54) is 13.0 Å². The molecule has 2 N–H and O–H groups in total. The van der Waals surface area contributed by atoms with Gasteiger partial charge in [-0.15, -0.1) is 0 Å². The summed E-state index contributed by atoms with van der Waals surface area (Å²) >= 11 is 0. The standard InChI is InChI=1S/C10H8O5/c1-5-2-6(4-11)8(10(14)15)3-7(5)9(12)13/h2-4H,1H3,(H,12,13)(H,14,15). The maximum Gasteiger partial charge on any atom is 0.336 e. The van der Waals surface area contributed by atoms with E-state index in [1.54, 1.807) is 0 Å². The monoisotopic (exact) mass is 208 g/mol. The molecule has 0 saturated heterocycles. The SMILES string of the molecule is Cc1cc(C=O)c(C(=O)O)cc1C(=O)O. The molecule has 1 rings (SSSR count). The van der Waals surface area contributed by atoms with Gasteiger partial charge in [-0.2, -0.15) is 0 Å². The molecule has 5 heteroatoms. The second-order valence-corrected chi connectivity index (χ2v) is 2.98. The van der Waals surface area contributed by atoms with Crippen LogP contribution in [-0.4, -0.2) is 28.4 Å². The molecule has 0 spiro atoms. The van der Waals surface area contributed by atoms with E-state index < -0.39 is 11.9 Å². The predicted octanol–water partition coefficient (Wildman–Crippen LogP) is 1.20. The zero-order valence-corrected chi connectivity index (χ0v) is 7.85. The van der Waals surface area contributed by atoms with Gasteiger partial charge in [-0.1, -0.05) is 0 Å². The van der Waals surface area contributed by atoms with Crippen LogP contribution in [0.4, 0.5) is 0 Å². The summed E-state index contributed by atoms with van der Waals surface area (Å²) in [6, 6.07) is 2.24. The Morgan fingerprint density at radius 3 is 2.07 bits per heavy atom. The number of hydrogen-bond donors (Lipinski definition) is 2. The molecule has 0 radical (unpaired) electrons. The maximum absolute atomic E-state index is 10.7. The molecule has 0 aliphatic rings. The summed E-state index contributed by atoms with van der Waals surface area (Å²) in [5.74, 6) is -2.54. The lowest BCUT2D eigenvalue weighted by atomic mass is 10.00. The molecule has 5 nitrogen and oxygen atoms in total. The van der Waals surface area contributed by atoms with Crippen molar-refractivity contribution in [1.29, 1.82) is 0 Å². The van der Waals surface area contributed by atoms with Gasteiger partial charge in [-0.3, -0.25) is 4.79 Å². The van der Waals surface area contributed by atoms with Crippen LogP contribution in [-0.2, 0) is 0 Å². The van der Waals surface area contributed by atoms with Gasteiger partial charge < -0.3 is 10.2 Å². The highest BCUT2D eigenvalue weighted by atomic mass is 16.4. The number of aldehydes is 1. The Bertz CT molecular complexity index is 447. The molecule has 0 amide bonds. The highest BCUT2D eigenvalue weighted by Crippen LogP contribution is 2.15. The normalized spacial score (nSPS) is 9.67. The number of aromatic carboxylic acids is 2. The lowest BCUT2D eigenvalue weighted by Gasteiger charge is -2.05. The molecule has 78 valence electrons. The van der Waals surface area contributed by atoms with Gasteiger partial charge >= 0.3 is 11.9 Å². The van der Waals surface area contributed by atoms with E-state index in [0.717, 1.165) is 6.07 Å². The van der Waals surface area contributed by atoms with Gasteiger partial charge in [0.15, 0.2) is 6.29 Å². The van der Waals surface area contributed by atoms with Crippen molar-refractivity contribution in [3.05, 3.63) is 34.4 Å². The molecule has 0 atom stereocenters. The fourth-order valence-electron chi connectivity index (χ4n) is 1.24. The van der Waals surface area contributed by atoms with E-state index in [4.69, 9.17) is 10.2 Å². The quantitative estimate of drug-likeness (QED) is 0.728. The molecule has 15 heavy (non-hydrogen) atoms. The van der Waals surface area contributed by atoms with Crippen molar-refractivity contribution < 1.29 is 24.6 Å². The van der Waals surface area contributed by atoms with E-state index in [9.17, 15) is 14.4 Å². The summed E-state index contributed by atoms with van der Waals surface area (Å²) in [7, 11) is 0. The molecule has 0 aliphatic carbocycles. The van der Waals surface area contributed by atoms with Crippen molar-refractivity contribution in [2.24, 2.45) is 0 Å². The number of carbonyl (C=O) groups is 3. The summed E-state index contributed by atoms with van der Waals surface area (Å²) in [6.45, 7) is 1.50. The lowest BCUT2D eigenvalue weighted by molar-refractivity contribution is 0.0694. The zero-order valence-electron chi connectivity index (χ0n) is 7.85. The van der Waals surface area contributed by atoms with E-state index in [0.29, 0.717) is 11.8 Å². The molecule has 1 aromatic carbocycles. The van der Waals surface area contributed by atoms with E-state index in [-0.39, 0.29) is 16.7 Å². The summed E-state index contributed by atoms with van der Waals surface area (Å²) in [5, 5.41) is 17.5. The van der Waals surface area contributed by atoms with Crippen molar-refractivity contribution in [3.8, 4) is 0 Å². The van der Waals surface area contributed by atoms with Crippen LogP contribution in [0.25, 0.3) is 0 Å². The predicted molar refractivity (Wildman–Crippen MR) is 50.5 cm³/mol. The smallest absolute Gasteiger partial charge is 0.336 e. The Balaban J connectivity index is 3.50. The van der Waals surface area contributed by atoms with Gasteiger partial charge in [0.05, 0.1) is 11.1 Å². The molecule has 0 heterocycles. The molecule has 0 bridgehead atoms. The average molecular weight is 208 g/mol. The average Bonchev–Trinajstić information content (AvgIpc) is 2.16. The zero-order chi connectivity index (χ0) is 11.6. The molecule has 0 saturated carbocycles. The van der Waals surface area contributed by atoms with Crippen LogP contribution in [0.5, 0.6) is 0 Å². The number of hydrogen-bond acceptors (Lipinski definition) is 3. The molecular formula is C10H8O5. The Labute approximate surface area is 85.0 Å². The number of carboxylic acids is 2. The minimum absolute atomic E-state index is 0.0231. The summed E-state index contributed by atoms with van der Waals surface area (Å²) < 4.78 is 0. The van der Waals surface area contributed by atoms with E-state index >= 15 is 0 Å². The molecule has 0 unspecified atom stereocenters. The van der Waals surface area contributed by atoms with Crippen LogP contribution < -0.4 is 0 Å². The molecule has 0 fully saturated rings. The first-order chi connectivity index (χ1) is 6.97. The minimum atomic E-state index is -1.32. The fourth-order valence-corrected chi connectivity index (χ4v) is 1.24. The highest BCUT2D eigenvalue weighted by Gasteiger charge is 2.16. The maximum atomic E-state index is 10.7. The van der Waals surface area contributed by atoms with Crippen molar-refractivity contribution in [2.75, 3.05) is 0 Å². The highest BCUT2D eigenvalue weighted by molar-refractivity contribution is 6.01. The van der Waals surface area contributed by atoms with Gasteiger partial charge in [0.2, 0.25) is 0 Å². The van der Waals surface area contributed by atoms with Gasteiger partial charge in [0.1, 0.15) is 0 Å². The number of rotatable bonds is 3. The first kappa shape index (κ1) is 10.9. The first-order valence-corrected chi connectivity index (χ1v) is 4.03. The van der Waals surface area contributed by atoms with Gasteiger partial charge in [-0.05, 0) is 24.6 Å². The molecule has 0 aliphatic heterocycles. The van der Waals surface area contributed by atoms with E-state index in [2.05, 4.69) is 0 Å². The number of aryl methyl sites for hydroxylation is 1. The Kier molecular flexibility index (Phi) is 2.85. The Morgan fingerprint density at radius 2 is 1.67 bits per heavy atom. The second kappa shape index (κ2) is 3.91. The number of carboxylic acid groups (broad SMARTS) is 2. The number of carbonyl (C=O) groups excluding carboxylic acids is 1. The van der Waals surface area contributed by atoms with Crippen molar-refractivity contribution in [2.45, 2.75) is 6.92 Å². The summed E-state index contributed by atoms with van der Waals surface area (Å²) in [5.41, 5.74) is -0.0781. The molecule has 1 aromatic rings. The van der Waals surface area contributed by atoms with Crippen LogP contribution in [0.2, 0.25) is 0 Å². The van der Waals surface area contributed by atoms with Crippen molar-refractivity contribution in [1.82, 2.24) is 0 Å². The van der Waals surface area contributed by atoms with Gasteiger partial charge in [-0.25, -0.2) is 9.59 Å². The summed E-state index contributed by atoms with van der Waals surface area (Å²) in [6.07, 6.45) is 0.391. The Hall–Kier alpha value is -2.17. The third-order valence-corrected chi connectivity index (χ3v) is 1.98.